The predicted octanol–water partition coefficient (Wildman–Crippen LogP) is 3.26. The first kappa shape index (κ1) is 16.7. The third-order valence-corrected chi connectivity index (χ3v) is 5.45. The highest BCUT2D eigenvalue weighted by atomic mass is 32.2. The minimum atomic E-state index is -3.51. The molecule has 1 aromatic carbocycles. The molecule has 2 aromatic rings. The van der Waals surface area contributed by atoms with E-state index in [2.05, 4.69) is 16.6 Å². The second kappa shape index (κ2) is 7.19. The van der Waals surface area contributed by atoms with E-state index in [4.69, 9.17) is 4.74 Å². The number of anilines is 1. The highest BCUT2D eigenvalue weighted by Crippen LogP contribution is 2.24. The number of pyridine rings is 1. The van der Waals surface area contributed by atoms with Crippen LogP contribution < -0.4 is 9.46 Å². The van der Waals surface area contributed by atoms with Crippen LogP contribution in [-0.2, 0) is 10.2 Å². The molecule has 1 saturated heterocycles. The highest BCUT2D eigenvalue weighted by molar-refractivity contribution is 7.90. The Hall–Kier alpha value is -2.12. The summed E-state index contributed by atoms with van der Waals surface area (Å²) in [5, 5.41) is 0. The molecule has 6 nitrogen and oxygen atoms in total. The SMILES string of the molecule is CC1CCCN(S(=O)(=O)Nc2ccc(Oc3ccncc3)cc2)C1. The molecule has 0 bridgehead atoms. The number of rotatable bonds is 5. The maximum absolute atomic E-state index is 12.5. The first-order valence-electron chi connectivity index (χ1n) is 7.99. The van der Waals surface area contributed by atoms with E-state index in [0.29, 0.717) is 36.2 Å². The summed E-state index contributed by atoms with van der Waals surface area (Å²) in [5.74, 6) is 1.71. The number of hydrogen-bond donors (Lipinski definition) is 1. The second-order valence-corrected chi connectivity index (χ2v) is 7.69. The third kappa shape index (κ3) is 4.24. The molecular weight excluding hydrogens is 326 g/mol. The van der Waals surface area contributed by atoms with E-state index in [1.165, 1.54) is 4.31 Å². The van der Waals surface area contributed by atoms with Gasteiger partial charge >= 0.3 is 10.2 Å². The van der Waals surface area contributed by atoms with Crippen molar-refractivity contribution in [3.8, 4) is 11.5 Å². The molecule has 0 radical (unpaired) electrons. The maximum atomic E-state index is 12.5. The summed E-state index contributed by atoms with van der Waals surface area (Å²) in [6, 6.07) is 10.4. The Morgan fingerprint density at radius 3 is 2.46 bits per heavy atom. The fraction of sp³-hybridized carbons (Fsp3) is 0.353. The Kier molecular flexibility index (Phi) is 5.01. The van der Waals surface area contributed by atoms with Gasteiger partial charge in [-0.15, -0.1) is 0 Å². The number of piperidine rings is 1. The van der Waals surface area contributed by atoms with Crippen LogP contribution in [0.15, 0.2) is 48.8 Å². The monoisotopic (exact) mass is 347 g/mol. The van der Waals surface area contributed by atoms with E-state index >= 15 is 0 Å². The van der Waals surface area contributed by atoms with Crippen LogP contribution in [0.5, 0.6) is 11.5 Å². The predicted molar refractivity (Wildman–Crippen MR) is 93.3 cm³/mol. The zero-order chi connectivity index (χ0) is 17.0. The molecule has 1 N–H and O–H groups in total. The summed E-state index contributed by atoms with van der Waals surface area (Å²) in [4.78, 5) is 3.93. The van der Waals surface area contributed by atoms with Gasteiger partial charge in [0, 0.05) is 25.5 Å². The van der Waals surface area contributed by atoms with Crippen molar-refractivity contribution >= 4 is 15.9 Å². The van der Waals surface area contributed by atoms with Crippen LogP contribution in [0, 0.1) is 5.92 Å². The van der Waals surface area contributed by atoms with Crippen molar-refractivity contribution in [3.05, 3.63) is 48.8 Å². The van der Waals surface area contributed by atoms with Gasteiger partial charge in [-0.2, -0.15) is 12.7 Å². The van der Waals surface area contributed by atoms with Gasteiger partial charge in [-0.25, -0.2) is 0 Å². The van der Waals surface area contributed by atoms with E-state index in [1.54, 1.807) is 48.8 Å². The van der Waals surface area contributed by atoms with Crippen LogP contribution in [0.3, 0.4) is 0 Å². The number of nitrogens with zero attached hydrogens (tertiary/aromatic N) is 2. The van der Waals surface area contributed by atoms with Crippen molar-refractivity contribution in [1.82, 2.24) is 9.29 Å². The average molecular weight is 347 g/mol. The standard InChI is InChI=1S/C17H21N3O3S/c1-14-3-2-12-20(13-14)24(21,22)19-15-4-6-16(7-5-15)23-17-8-10-18-11-9-17/h4-11,14,19H,2-3,12-13H2,1H3. The van der Waals surface area contributed by atoms with E-state index in [1.807, 2.05) is 0 Å². The van der Waals surface area contributed by atoms with Crippen LogP contribution in [0.1, 0.15) is 19.8 Å². The lowest BCUT2D eigenvalue weighted by molar-refractivity contribution is 0.282. The topological polar surface area (TPSA) is 71.5 Å². The molecule has 1 aliphatic rings. The summed E-state index contributed by atoms with van der Waals surface area (Å²) in [5.41, 5.74) is 0.523. The lowest BCUT2D eigenvalue weighted by Crippen LogP contribution is -2.42. The zero-order valence-corrected chi connectivity index (χ0v) is 14.4. The highest BCUT2D eigenvalue weighted by Gasteiger charge is 2.26. The van der Waals surface area contributed by atoms with Gasteiger partial charge in [-0.1, -0.05) is 6.92 Å². The molecule has 1 atom stereocenters. The number of hydrogen-bond acceptors (Lipinski definition) is 4. The van der Waals surface area contributed by atoms with Crippen LogP contribution in [0.4, 0.5) is 5.69 Å². The molecular formula is C17H21N3O3S. The van der Waals surface area contributed by atoms with Gasteiger partial charge in [0.15, 0.2) is 0 Å². The number of aromatic nitrogens is 1. The van der Waals surface area contributed by atoms with E-state index < -0.39 is 10.2 Å². The Morgan fingerprint density at radius 1 is 1.12 bits per heavy atom. The molecule has 0 saturated carbocycles. The number of nitrogens with one attached hydrogen (secondary N) is 1. The molecule has 0 aliphatic carbocycles. The van der Waals surface area contributed by atoms with E-state index in [-0.39, 0.29) is 0 Å². The average Bonchev–Trinajstić information content (AvgIpc) is 2.57. The molecule has 3 rings (SSSR count). The third-order valence-electron chi connectivity index (χ3n) is 3.95. The minimum Gasteiger partial charge on any atom is -0.457 e. The molecule has 1 unspecified atom stereocenters. The second-order valence-electron chi connectivity index (χ2n) is 6.02. The van der Waals surface area contributed by atoms with Gasteiger partial charge < -0.3 is 4.74 Å². The van der Waals surface area contributed by atoms with Crippen LogP contribution in [0.25, 0.3) is 0 Å². The molecule has 1 aliphatic heterocycles. The van der Waals surface area contributed by atoms with Crippen molar-refractivity contribution in [2.45, 2.75) is 19.8 Å². The summed E-state index contributed by atoms with van der Waals surface area (Å²) in [7, 11) is -3.51. The van der Waals surface area contributed by atoms with Gasteiger partial charge in [-0.05, 0) is 55.2 Å². The normalized spacial score (nSPS) is 19.0. The molecule has 2 heterocycles. The molecule has 1 fully saturated rings. The largest absolute Gasteiger partial charge is 0.457 e. The summed E-state index contributed by atoms with van der Waals surface area (Å²) < 4.78 is 34.7. The van der Waals surface area contributed by atoms with Gasteiger partial charge in [0.2, 0.25) is 0 Å². The Labute approximate surface area is 142 Å². The fourth-order valence-electron chi connectivity index (χ4n) is 2.71. The number of ether oxygens (including phenoxy) is 1. The molecule has 1 aromatic heterocycles. The molecule has 0 spiro atoms. The molecule has 0 amide bonds. The Morgan fingerprint density at radius 2 is 1.79 bits per heavy atom. The summed E-state index contributed by atoms with van der Waals surface area (Å²) in [6.07, 6.45) is 5.28. The van der Waals surface area contributed by atoms with Gasteiger partial charge in [0.05, 0.1) is 5.69 Å². The smallest absolute Gasteiger partial charge is 0.301 e. The minimum absolute atomic E-state index is 0.395. The fourth-order valence-corrected chi connectivity index (χ4v) is 4.09. The van der Waals surface area contributed by atoms with Gasteiger partial charge in [0.25, 0.3) is 0 Å². The molecule has 24 heavy (non-hydrogen) atoms. The summed E-state index contributed by atoms with van der Waals surface area (Å²) in [6.45, 7) is 3.22. The summed E-state index contributed by atoms with van der Waals surface area (Å²) >= 11 is 0. The van der Waals surface area contributed by atoms with E-state index in [9.17, 15) is 8.42 Å². The lowest BCUT2D eigenvalue weighted by Gasteiger charge is -2.30. The van der Waals surface area contributed by atoms with Crippen molar-refractivity contribution in [2.24, 2.45) is 5.92 Å². The van der Waals surface area contributed by atoms with Crippen molar-refractivity contribution in [3.63, 3.8) is 0 Å². The quantitative estimate of drug-likeness (QED) is 0.901. The van der Waals surface area contributed by atoms with Crippen LogP contribution in [0.2, 0.25) is 0 Å². The van der Waals surface area contributed by atoms with Crippen LogP contribution in [-0.4, -0.2) is 30.8 Å². The zero-order valence-electron chi connectivity index (χ0n) is 13.6. The lowest BCUT2D eigenvalue weighted by atomic mass is 10.0. The number of benzene rings is 1. The van der Waals surface area contributed by atoms with Crippen molar-refractivity contribution in [2.75, 3.05) is 17.8 Å². The maximum Gasteiger partial charge on any atom is 0.301 e. The Balaban J connectivity index is 1.65. The van der Waals surface area contributed by atoms with Crippen molar-refractivity contribution in [1.29, 1.82) is 0 Å². The van der Waals surface area contributed by atoms with Gasteiger partial charge in [-0.3, -0.25) is 9.71 Å². The first-order chi connectivity index (χ1) is 11.5. The molecule has 7 heteroatoms. The first-order valence-corrected chi connectivity index (χ1v) is 9.43. The molecule has 128 valence electrons. The van der Waals surface area contributed by atoms with E-state index in [0.717, 1.165) is 12.8 Å². The Bertz CT molecular complexity index is 763. The van der Waals surface area contributed by atoms with Gasteiger partial charge in [0.1, 0.15) is 11.5 Å². The van der Waals surface area contributed by atoms with Crippen LogP contribution >= 0.6 is 0 Å². The van der Waals surface area contributed by atoms with Crippen molar-refractivity contribution < 1.29 is 13.2 Å².